The molecule has 0 fully saturated rings. The van der Waals surface area contributed by atoms with Crippen LogP contribution in [0, 0.1) is 0 Å². The second-order valence-electron chi connectivity index (χ2n) is 3.56. The van der Waals surface area contributed by atoms with Crippen molar-refractivity contribution in [3.63, 3.8) is 0 Å². The summed E-state index contributed by atoms with van der Waals surface area (Å²) in [5, 5.41) is 0. The van der Waals surface area contributed by atoms with Gasteiger partial charge in [-0.3, -0.25) is 0 Å². The lowest BCUT2D eigenvalue weighted by atomic mass is 10.3. The second-order valence-corrected chi connectivity index (χ2v) is 3.56. The van der Waals surface area contributed by atoms with Crippen molar-refractivity contribution in [2.75, 3.05) is 6.61 Å². The molecule has 4 N–H and O–H groups in total. The summed E-state index contributed by atoms with van der Waals surface area (Å²) in [5.74, 6) is 0.348. The minimum Gasteiger partial charge on any atom is -0.494 e. The van der Waals surface area contributed by atoms with Crippen molar-refractivity contribution in [3.8, 4) is 11.5 Å². The topological polar surface area (TPSA) is 99.9 Å². The molecule has 0 aliphatic heterocycles. The molecule has 0 aliphatic rings. The molecule has 18 heavy (non-hydrogen) atoms. The summed E-state index contributed by atoms with van der Waals surface area (Å²) in [6.45, 7) is 3.97. The zero-order valence-electron chi connectivity index (χ0n) is 10.4. The Morgan fingerprint density at radius 2 is 2.06 bits per heavy atom. The highest BCUT2D eigenvalue weighted by atomic mass is 16.5. The minimum absolute atomic E-state index is 0.150. The number of rotatable bonds is 5. The molecule has 0 heterocycles. The summed E-state index contributed by atoms with van der Waals surface area (Å²) < 4.78 is 10.4. The van der Waals surface area contributed by atoms with Gasteiger partial charge in [-0.1, -0.05) is 6.07 Å². The summed E-state index contributed by atoms with van der Waals surface area (Å²) in [7, 11) is 0. The Bertz CT molecular complexity index is 442. The lowest BCUT2D eigenvalue weighted by molar-refractivity contribution is -0.135. The Hall–Kier alpha value is -2.24. The van der Waals surface area contributed by atoms with Crippen LogP contribution < -0.4 is 20.9 Å². The smallest absolute Gasteiger partial charge is 0.336 e. The van der Waals surface area contributed by atoms with E-state index in [2.05, 4.69) is 4.99 Å². The van der Waals surface area contributed by atoms with Gasteiger partial charge in [0.1, 0.15) is 17.5 Å². The molecule has 1 rings (SSSR count). The van der Waals surface area contributed by atoms with Crippen LogP contribution in [0.1, 0.15) is 13.8 Å². The lowest BCUT2D eigenvalue weighted by Crippen LogP contribution is -2.29. The Balaban J connectivity index is 2.69. The van der Waals surface area contributed by atoms with Crippen molar-refractivity contribution in [2.45, 2.75) is 19.9 Å². The summed E-state index contributed by atoms with van der Waals surface area (Å²) in [5.41, 5.74) is 10.4. The maximum atomic E-state index is 11.6. The molecule has 0 radical (unpaired) electrons. The first kappa shape index (κ1) is 13.8. The highest BCUT2D eigenvalue weighted by Gasteiger charge is 2.14. The van der Waals surface area contributed by atoms with E-state index in [1.807, 2.05) is 6.92 Å². The van der Waals surface area contributed by atoms with Crippen LogP contribution >= 0.6 is 0 Å². The van der Waals surface area contributed by atoms with Crippen LogP contribution in [0.15, 0.2) is 29.3 Å². The van der Waals surface area contributed by atoms with E-state index >= 15 is 0 Å². The van der Waals surface area contributed by atoms with Gasteiger partial charge >= 0.3 is 5.97 Å². The fraction of sp³-hybridized carbons (Fsp3) is 0.333. The molecule has 1 unspecified atom stereocenters. The normalized spacial score (nSPS) is 11.4. The number of ether oxygens (including phenoxy) is 2. The fourth-order valence-electron chi connectivity index (χ4n) is 1.27. The van der Waals surface area contributed by atoms with Crippen LogP contribution in [0.5, 0.6) is 11.5 Å². The Morgan fingerprint density at radius 1 is 1.39 bits per heavy atom. The molecule has 0 aromatic heterocycles. The Morgan fingerprint density at radius 3 is 2.67 bits per heavy atom. The van der Waals surface area contributed by atoms with Crippen molar-refractivity contribution >= 4 is 11.9 Å². The van der Waals surface area contributed by atoms with Crippen LogP contribution in [0.25, 0.3) is 0 Å². The van der Waals surface area contributed by atoms with E-state index < -0.39 is 12.0 Å². The SMILES string of the molecule is CCOc1cccc(OC(=O)C(C)N=C(N)N)c1. The third kappa shape index (κ3) is 4.32. The highest BCUT2D eigenvalue weighted by molar-refractivity contribution is 5.83. The predicted molar refractivity (Wildman–Crippen MR) is 68.5 cm³/mol. The Labute approximate surface area is 106 Å². The lowest BCUT2D eigenvalue weighted by Gasteiger charge is -2.09. The third-order valence-corrected chi connectivity index (χ3v) is 2.02. The first-order valence-electron chi connectivity index (χ1n) is 5.56. The van der Waals surface area contributed by atoms with Gasteiger partial charge in [-0.25, -0.2) is 9.79 Å². The maximum absolute atomic E-state index is 11.6. The number of carbonyl (C=O) groups is 1. The van der Waals surface area contributed by atoms with Gasteiger partial charge in [-0.05, 0) is 26.0 Å². The number of nitrogens with two attached hydrogens (primary N) is 2. The number of carbonyl (C=O) groups excluding carboxylic acids is 1. The molecule has 6 nitrogen and oxygen atoms in total. The fourth-order valence-corrected chi connectivity index (χ4v) is 1.27. The summed E-state index contributed by atoms with van der Waals surface area (Å²) >= 11 is 0. The number of nitrogens with zero attached hydrogens (tertiary/aromatic N) is 1. The summed E-state index contributed by atoms with van der Waals surface area (Å²) in [4.78, 5) is 15.3. The van der Waals surface area contributed by atoms with Crippen molar-refractivity contribution in [2.24, 2.45) is 16.5 Å². The average molecular weight is 251 g/mol. The number of esters is 1. The minimum atomic E-state index is -0.745. The number of hydrogen-bond acceptors (Lipinski definition) is 4. The summed E-state index contributed by atoms with van der Waals surface area (Å²) in [6, 6.07) is 6.05. The first-order chi connectivity index (χ1) is 8.52. The molecule has 98 valence electrons. The van der Waals surface area contributed by atoms with E-state index in [1.165, 1.54) is 0 Å². The number of guanidine groups is 1. The van der Waals surface area contributed by atoms with E-state index in [-0.39, 0.29) is 5.96 Å². The van der Waals surface area contributed by atoms with Gasteiger partial charge in [0.25, 0.3) is 0 Å². The molecule has 1 aromatic carbocycles. The molecule has 0 saturated heterocycles. The zero-order chi connectivity index (χ0) is 13.5. The van der Waals surface area contributed by atoms with E-state index in [9.17, 15) is 4.79 Å². The van der Waals surface area contributed by atoms with Crippen molar-refractivity contribution in [1.82, 2.24) is 0 Å². The molecule has 1 aromatic rings. The standard InChI is InChI=1S/C12H17N3O3/c1-3-17-9-5-4-6-10(7-9)18-11(16)8(2)15-12(13)14/h4-8H,3H2,1-2H3,(H4,13,14,15). The first-order valence-corrected chi connectivity index (χ1v) is 5.56. The second kappa shape index (κ2) is 6.48. The van der Waals surface area contributed by atoms with E-state index in [4.69, 9.17) is 20.9 Å². The van der Waals surface area contributed by atoms with Crippen molar-refractivity contribution in [1.29, 1.82) is 0 Å². The van der Waals surface area contributed by atoms with Gasteiger partial charge in [0.15, 0.2) is 5.96 Å². The number of aliphatic imine (C=N–C) groups is 1. The average Bonchev–Trinajstić information content (AvgIpc) is 2.29. The Kier molecular flexibility index (Phi) is 4.98. The van der Waals surface area contributed by atoms with Gasteiger partial charge in [0, 0.05) is 6.07 Å². The van der Waals surface area contributed by atoms with E-state index in [0.29, 0.717) is 18.1 Å². The van der Waals surface area contributed by atoms with Crippen LogP contribution in [0.4, 0.5) is 0 Å². The predicted octanol–water partition coefficient (Wildman–Crippen LogP) is 0.653. The molecule has 0 saturated carbocycles. The molecule has 0 spiro atoms. The summed E-state index contributed by atoms with van der Waals surface area (Å²) in [6.07, 6.45) is 0. The molecule has 1 atom stereocenters. The largest absolute Gasteiger partial charge is 0.494 e. The van der Waals surface area contributed by atoms with Crippen molar-refractivity contribution in [3.05, 3.63) is 24.3 Å². The van der Waals surface area contributed by atoms with Crippen LogP contribution in [-0.4, -0.2) is 24.6 Å². The molecule has 0 bridgehead atoms. The van der Waals surface area contributed by atoms with Gasteiger partial charge < -0.3 is 20.9 Å². The van der Waals surface area contributed by atoms with Gasteiger partial charge in [-0.2, -0.15) is 0 Å². The quantitative estimate of drug-likeness (QED) is 0.346. The molecule has 6 heteroatoms. The van der Waals surface area contributed by atoms with E-state index in [0.717, 1.165) is 0 Å². The zero-order valence-corrected chi connectivity index (χ0v) is 10.4. The highest BCUT2D eigenvalue weighted by Crippen LogP contribution is 2.19. The van der Waals surface area contributed by atoms with Crippen LogP contribution in [0.3, 0.4) is 0 Å². The van der Waals surface area contributed by atoms with Gasteiger partial charge in [0.05, 0.1) is 6.61 Å². The van der Waals surface area contributed by atoms with Crippen LogP contribution in [0.2, 0.25) is 0 Å². The molecule has 0 aliphatic carbocycles. The molecule has 0 amide bonds. The third-order valence-electron chi connectivity index (χ3n) is 2.02. The number of hydrogen-bond donors (Lipinski definition) is 2. The van der Waals surface area contributed by atoms with Gasteiger partial charge in [-0.15, -0.1) is 0 Å². The van der Waals surface area contributed by atoms with E-state index in [1.54, 1.807) is 31.2 Å². The monoisotopic (exact) mass is 251 g/mol. The van der Waals surface area contributed by atoms with Crippen molar-refractivity contribution < 1.29 is 14.3 Å². The molecular weight excluding hydrogens is 234 g/mol. The molecular formula is C12H17N3O3. The maximum Gasteiger partial charge on any atom is 0.336 e. The number of benzene rings is 1. The van der Waals surface area contributed by atoms with Crippen LogP contribution in [-0.2, 0) is 4.79 Å². The van der Waals surface area contributed by atoms with Gasteiger partial charge in [0.2, 0.25) is 0 Å².